The first-order valence-corrected chi connectivity index (χ1v) is 8.51. The third-order valence-corrected chi connectivity index (χ3v) is 4.53. The zero-order chi connectivity index (χ0) is 18.3. The zero-order valence-corrected chi connectivity index (χ0v) is 15.2. The van der Waals surface area contributed by atoms with Gasteiger partial charge in [-0.05, 0) is 19.8 Å². The lowest BCUT2D eigenvalue weighted by molar-refractivity contribution is -0.0262. The molecule has 9 heteroatoms. The van der Waals surface area contributed by atoms with Crippen LogP contribution in [0.2, 0.25) is 0 Å². The van der Waals surface area contributed by atoms with Gasteiger partial charge in [-0.3, -0.25) is 0 Å². The van der Waals surface area contributed by atoms with Crippen LogP contribution in [0.1, 0.15) is 37.5 Å². The van der Waals surface area contributed by atoms with Crippen molar-refractivity contribution in [3.05, 3.63) is 11.7 Å². The summed E-state index contributed by atoms with van der Waals surface area (Å²) >= 11 is 0. The largest absolute Gasteiger partial charge is 0.396 e. The van der Waals surface area contributed by atoms with Gasteiger partial charge in [-0.2, -0.15) is 4.98 Å². The van der Waals surface area contributed by atoms with E-state index in [0.29, 0.717) is 44.5 Å². The summed E-state index contributed by atoms with van der Waals surface area (Å²) in [4.78, 5) is 18.3. The Balaban J connectivity index is 1.88. The van der Waals surface area contributed by atoms with E-state index in [1.165, 1.54) is 0 Å². The van der Waals surface area contributed by atoms with E-state index >= 15 is 0 Å². The van der Waals surface area contributed by atoms with Crippen molar-refractivity contribution < 1.29 is 23.9 Å². The number of methoxy groups -OCH3 is 1. The van der Waals surface area contributed by atoms with E-state index in [9.17, 15) is 9.90 Å². The third kappa shape index (κ3) is 5.38. The van der Waals surface area contributed by atoms with Crippen LogP contribution in [0.15, 0.2) is 4.52 Å². The molecule has 0 radical (unpaired) electrons. The Morgan fingerprint density at radius 3 is 2.84 bits per heavy atom. The van der Waals surface area contributed by atoms with Gasteiger partial charge >= 0.3 is 6.03 Å². The molecular formula is C16H28N4O5. The lowest BCUT2D eigenvalue weighted by atomic mass is 9.80. The molecule has 2 N–H and O–H groups in total. The van der Waals surface area contributed by atoms with Gasteiger partial charge in [0.15, 0.2) is 5.82 Å². The fourth-order valence-corrected chi connectivity index (χ4v) is 2.84. The maximum absolute atomic E-state index is 12.4. The second-order valence-corrected chi connectivity index (χ2v) is 6.59. The standard InChI is InChI=1S/C16H28N4O5/c1-12(14-18-13(19-25-14)4-7-23-3)17-15(22)20(2)10-16(11-21)5-8-24-9-6-16/h12,21H,4-11H2,1-3H3,(H,17,22). The average Bonchev–Trinajstić information content (AvgIpc) is 3.09. The molecule has 1 atom stereocenters. The molecule has 1 aliphatic heterocycles. The Kier molecular flexibility index (Phi) is 7.15. The first-order chi connectivity index (χ1) is 12.0. The molecule has 1 saturated heterocycles. The number of carbonyl (C=O) groups is 1. The molecule has 1 fully saturated rings. The van der Waals surface area contributed by atoms with Crippen molar-refractivity contribution in [2.75, 3.05) is 47.1 Å². The number of ether oxygens (including phenoxy) is 2. The van der Waals surface area contributed by atoms with Crippen molar-refractivity contribution in [2.24, 2.45) is 5.41 Å². The van der Waals surface area contributed by atoms with Gasteiger partial charge in [-0.1, -0.05) is 5.16 Å². The summed E-state index contributed by atoms with van der Waals surface area (Å²) in [7, 11) is 3.32. The van der Waals surface area contributed by atoms with Crippen LogP contribution in [-0.4, -0.2) is 73.3 Å². The number of aliphatic hydroxyl groups excluding tert-OH is 1. The van der Waals surface area contributed by atoms with Crippen LogP contribution in [0.25, 0.3) is 0 Å². The van der Waals surface area contributed by atoms with Gasteiger partial charge in [0.05, 0.1) is 13.2 Å². The van der Waals surface area contributed by atoms with E-state index in [0.717, 1.165) is 12.8 Å². The number of hydrogen-bond donors (Lipinski definition) is 2. The lowest BCUT2D eigenvalue weighted by Crippen LogP contribution is -2.47. The maximum Gasteiger partial charge on any atom is 0.317 e. The Labute approximate surface area is 147 Å². The predicted molar refractivity (Wildman–Crippen MR) is 89.0 cm³/mol. The van der Waals surface area contributed by atoms with Crippen LogP contribution in [-0.2, 0) is 15.9 Å². The summed E-state index contributed by atoms with van der Waals surface area (Å²) < 4.78 is 15.5. The van der Waals surface area contributed by atoms with E-state index in [1.807, 2.05) is 0 Å². The molecular weight excluding hydrogens is 328 g/mol. The summed E-state index contributed by atoms with van der Waals surface area (Å²) in [6.45, 7) is 4.02. The smallest absolute Gasteiger partial charge is 0.317 e. The Hall–Kier alpha value is -1.71. The summed E-state index contributed by atoms with van der Waals surface area (Å²) in [5.74, 6) is 0.906. The predicted octanol–water partition coefficient (Wildman–Crippen LogP) is 0.750. The van der Waals surface area contributed by atoms with Gasteiger partial charge in [0.2, 0.25) is 5.89 Å². The second-order valence-electron chi connectivity index (χ2n) is 6.59. The minimum absolute atomic E-state index is 0.0378. The van der Waals surface area contributed by atoms with Crippen molar-refractivity contribution in [2.45, 2.75) is 32.2 Å². The topological polar surface area (TPSA) is 110 Å². The van der Waals surface area contributed by atoms with E-state index in [-0.39, 0.29) is 18.1 Å². The molecule has 1 unspecified atom stereocenters. The number of nitrogens with one attached hydrogen (secondary N) is 1. The number of nitrogens with zero attached hydrogens (tertiary/aromatic N) is 3. The number of urea groups is 1. The molecule has 25 heavy (non-hydrogen) atoms. The van der Waals surface area contributed by atoms with E-state index < -0.39 is 6.04 Å². The van der Waals surface area contributed by atoms with Crippen LogP contribution in [0, 0.1) is 5.41 Å². The highest BCUT2D eigenvalue weighted by atomic mass is 16.5. The second kappa shape index (κ2) is 9.12. The molecule has 0 aliphatic carbocycles. The average molecular weight is 356 g/mol. The minimum atomic E-state index is -0.404. The highest BCUT2D eigenvalue weighted by molar-refractivity contribution is 5.74. The normalized spacial score (nSPS) is 17.9. The fourth-order valence-electron chi connectivity index (χ4n) is 2.84. The summed E-state index contributed by atoms with van der Waals surface area (Å²) in [5, 5.41) is 16.5. The molecule has 0 saturated carbocycles. The van der Waals surface area contributed by atoms with Gasteiger partial charge in [0.1, 0.15) is 6.04 Å². The van der Waals surface area contributed by atoms with Gasteiger partial charge in [-0.25, -0.2) is 4.79 Å². The van der Waals surface area contributed by atoms with Gasteiger partial charge in [0, 0.05) is 45.8 Å². The Morgan fingerprint density at radius 2 is 2.20 bits per heavy atom. The molecule has 2 heterocycles. The maximum atomic E-state index is 12.4. The number of rotatable bonds is 8. The van der Waals surface area contributed by atoms with Crippen LogP contribution < -0.4 is 5.32 Å². The molecule has 0 bridgehead atoms. The monoisotopic (exact) mass is 356 g/mol. The quantitative estimate of drug-likeness (QED) is 0.707. The van der Waals surface area contributed by atoms with Crippen molar-refractivity contribution in [3.8, 4) is 0 Å². The number of amides is 2. The van der Waals surface area contributed by atoms with E-state index in [4.69, 9.17) is 14.0 Å². The van der Waals surface area contributed by atoms with Crippen LogP contribution in [0.3, 0.4) is 0 Å². The summed E-state index contributed by atoms with van der Waals surface area (Å²) in [6, 6.07) is -0.651. The lowest BCUT2D eigenvalue weighted by Gasteiger charge is -2.38. The van der Waals surface area contributed by atoms with Gasteiger partial charge in [0.25, 0.3) is 0 Å². The van der Waals surface area contributed by atoms with Crippen molar-refractivity contribution in [1.29, 1.82) is 0 Å². The molecule has 2 rings (SSSR count). The molecule has 0 spiro atoms. The minimum Gasteiger partial charge on any atom is -0.396 e. The van der Waals surface area contributed by atoms with Crippen LogP contribution >= 0.6 is 0 Å². The summed E-state index contributed by atoms with van der Waals surface area (Å²) in [6.07, 6.45) is 2.04. The Morgan fingerprint density at radius 1 is 1.48 bits per heavy atom. The third-order valence-electron chi connectivity index (χ3n) is 4.53. The van der Waals surface area contributed by atoms with Crippen molar-refractivity contribution in [1.82, 2.24) is 20.4 Å². The molecule has 1 aromatic rings. The highest BCUT2D eigenvalue weighted by Gasteiger charge is 2.34. The molecule has 2 amide bonds. The Bertz CT molecular complexity index is 544. The number of carbonyl (C=O) groups excluding carboxylic acids is 1. The fraction of sp³-hybridized carbons (Fsp3) is 0.812. The summed E-state index contributed by atoms with van der Waals surface area (Å²) in [5.41, 5.74) is -0.300. The van der Waals surface area contributed by atoms with Gasteiger partial charge in [-0.15, -0.1) is 0 Å². The first kappa shape index (κ1) is 19.6. The van der Waals surface area contributed by atoms with E-state index in [2.05, 4.69) is 15.5 Å². The van der Waals surface area contributed by atoms with Crippen LogP contribution in [0.4, 0.5) is 4.79 Å². The SMILES string of the molecule is COCCc1noc(C(C)NC(=O)N(C)CC2(CO)CCOCC2)n1. The van der Waals surface area contributed by atoms with Crippen molar-refractivity contribution >= 4 is 6.03 Å². The number of aliphatic hydroxyl groups is 1. The highest BCUT2D eigenvalue weighted by Crippen LogP contribution is 2.30. The van der Waals surface area contributed by atoms with Crippen molar-refractivity contribution in [3.63, 3.8) is 0 Å². The zero-order valence-electron chi connectivity index (χ0n) is 15.2. The number of aromatic nitrogens is 2. The van der Waals surface area contributed by atoms with Gasteiger partial charge < -0.3 is 29.3 Å². The van der Waals surface area contributed by atoms with Crippen LogP contribution in [0.5, 0.6) is 0 Å². The molecule has 1 aromatic heterocycles. The molecule has 0 aromatic carbocycles. The molecule has 1 aliphatic rings. The first-order valence-electron chi connectivity index (χ1n) is 8.51. The van der Waals surface area contributed by atoms with E-state index in [1.54, 1.807) is 26.0 Å². The molecule has 142 valence electrons. The molecule has 9 nitrogen and oxygen atoms in total. The number of hydrogen-bond acceptors (Lipinski definition) is 7.